The lowest BCUT2D eigenvalue weighted by Gasteiger charge is -2.34. The summed E-state index contributed by atoms with van der Waals surface area (Å²) >= 11 is 0. The molecule has 0 aliphatic heterocycles. The average molecular weight is 298 g/mol. The van der Waals surface area contributed by atoms with Gasteiger partial charge in [0, 0.05) is 23.2 Å². The predicted molar refractivity (Wildman–Crippen MR) is 89.0 cm³/mol. The summed E-state index contributed by atoms with van der Waals surface area (Å²) in [4.78, 5) is 7.56. The van der Waals surface area contributed by atoms with Gasteiger partial charge in [0.2, 0.25) is 0 Å². The minimum Gasteiger partial charge on any atom is -0.392 e. The van der Waals surface area contributed by atoms with Gasteiger partial charge in [-0.15, -0.1) is 0 Å². The van der Waals surface area contributed by atoms with Crippen LogP contribution in [0, 0.1) is 5.92 Å². The zero-order valence-electron chi connectivity index (χ0n) is 13.9. The van der Waals surface area contributed by atoms with E-state index in [0.29, 0.717) is 11.8 Å². The van der Waals surface area contributed by atoms with E-state index in [1.807, 2.05) is 20.0 Å². The number of aliphatic hydroxyl groups excluding tert-OH is 1. The Kier molecular flexibility index (Phi) is 3.85. The maximum Gasteiger partial charge on any atom is 0.0921 e. The van der Waals surface area contributed by atoms with Gasteiger partial charge < -0.3 is 10.1 Å². The van der Waals surface area contributed by atoms with Gasteiger partial charge in [-0.05, 0) is 29.4 Å². The van der Waals surface area contributed by atoms with Gasteiger partial charge in [0.15, 0.2) is 0 Å². The Morgan fingerprint density at radius 1 is 1.18 bits per heavy atom. The first-order valence-corrected chi connectivity index (χ1v) is 8.42. The zero-order chi connectivity index (χ0) is 15.9. The summed E-state index contributed by atoms with van der Waals surface area (Å²) in [7, 11) is 0. The monoisotopic (exact) mass is 298 g/mol. The third-order valence-corrected chi connectivity index (χ3v) is 5.71. The van der Waals surface area contributed by atoms with Crippen LogP contribution < -0.4 is 0 Å². The van der Waals surface area contributed by atoms with Crippen molar-refractivity contribution in [2.24, 2.45) is 5.92 Å². The van der Waals surface area contributed by atoms with E-state index in [0.717, 1.165) is 6.42 Å². The van der Waals surface area contributed by atoms with Crippen molar-refractivity contribution >= 4 is 0 Å². The number of aliphatic hydroxyl groups is 1. The molecule has 22 heavy (non-hydrogen) atoms. The van der Waals surface area contributed by atoms with E-state index >= 15 is 0 Å². The van der Waals surface area contributed by atoms with Crippen LogP contribution in [0.25, 0.3) is 0 Å². The van der Waals surface area contributed by atoms with E-state index in [-0.39, 0.29) is 17.4 Å². The molecule has 5 unspecified atom stereocenters. The topological polar surface area (TPSA) is 48.9 Å². The minimum atomic E-state index is -0.274. The van der Waals surface area contributed by atoms with Gasteiger partial charge in [0.1, 0.15) is 0 Å². The van der Waals surface area contributed by atoms with Gasteiger partial charge in [-0.1, -0.05) is 52.0 Å². The number of benzene rings is 1. The van der Waals surface area contributed by atoms with E-state index in [1.54, 1.807) is 6.33 Å². The molecule has 0 radical (unpaired) electrons. The van der Waals surface area contributed by atoms with Crippen molar-refractivity contribution in [2.75, 3.05) is 0 Å². The van der Waals surface area contributed by atoms with Gasteiger partial charge in [-0.2, -0.15) is 0 Å². The van der Waals surface area contributed by atoms with Gasteiger partial charge in [0.25, 0.3) is 0 Å². The fourth-order valence-corrected chi connectivity index (χ4v) is 4.81. The molecular weight excluding hydrogens is 272 g/mol. The highest BCUT2D eigenvalue weighted by atomic mass is 16.3. The predicted octanol–water partition coefficient (Wildman–Crippen LogP) is 3.98. The Hall–Kier alpha value is -1.61. The summed E-state index contributed by atoms with van der Waals surface area (Å²) in [5, 5.41) is 10.8. The van der Waals surface area contributed by atoms with E-state index in [2.05, 4.69) is 48.1 Å². The summed E-state index contributed by atoms with van der Waals surface area (Å²) in [5.41, 5.74) is 3.86. The highest BCUT2D eigenvalue weighted by Gasteiger charge is 2.61. The Bertz CT molecular complexity index is 637. The molecule has 0 saturated heterocycles. The lowest BCUT2D eigenvalue weighted by Crippen LogP contribution is -2.32. The van der Waals surface area contributed by atoms with Crippen LogP contribution in [-0.2, 0) is 5.41 Å². The number of fused-ring (bicyclic) bond motifs is 3. The number of imidazole rings is 1. The molecule has 0 bridgehead atoms. The standard InChI is InChI=1S/C17H20N2O.C2H6/c1-10-7-17(14-8-18-9-19-14)11(2)12-5-3-4-6-13(12)15(17)16(10)20;1-2/h3-6,8-11,15-16,20H,7H2,1-2H3,(H,18,19);1-2H3. The van der Waals surface area contributed by atoms with Crippen LogP contribution in [0.2, 0.25) is 0 Å². The normalized spacial score (nSPS) is 35.5. The molecular formula is C19H26N2O. The lowest BCUT2D eigenvalue weighted by molar-refractivity contribution is 0.119. The molecule has 5 atom stereocenters. The molecule has 0 spiro atoms. The summed E-state index contributed by atoms with van der Waals surface area (Å²) in [6, 6.07) is 8.60. The van der Waals surface area contributed by atoms with Crippen LogP contribution >= 0.6 is 0 Å². The molecule has 2 N–H and O–H groups in total. The minimum absolute atomic E-state index is 0.0288. The summed E-state index contributed by atoms with van der Waals surface area (Å²) in [6.45, 7) is 8.46. The van der Waals surface area contributed by atoms with Crippen molar-refractivity contribution < 1.29 is 5.11 Å². The maximum absolute atomic E-state index is 10.8. The van der Waals surface area contributed by atoms with Gasteiger partial charge in [-0.3, -0.25) is 0 Å². The summed E-state index contributed by atoms with van der Waals surface area (Å²) < 4.78 is 0. The van der Waals surface area contributed by atoms with Crippen LogP contribution in [0.1, 0.15) is 62.8 Å². The number of rotatable bonds is 1. The maximum atomic E-state index is 10.8. The first-order valence-electron chi connectivity index (χ1n) is 8.42. The van der Waals surface area contributed by atoms with Crippen LogP contribution in [0.3, 0.4) is 0 Å². The first kappa shape index (κ1) is 15.3. The van der Waals surface area contributed by atoms with Crippen molar-refractivity contribution in [3.63, 3.8) is 0 Å². The summed E-state index contributed by atoms with van der Waals surface area (Å²) in [6.07, 6.45) is 4.44. The van der Waals surface area contributed by atoms with Crippen molar-refractivity contribution in [1.82, 2.24) is 9.97 Å². The van der Waals surface area contributed by atoms with E-state index < -0.39 is 0 Å². The quantitative estimate of drug-likeness (QED) is 0.836. The average Bonchev–Trinajstić information content (AvgIpc) is 3.22. The van der Waals surface area contributed by atoms with Crippen LogP contribution in [0.5, 0.6) is 0 Å². The number of nitrogens with zero attached hydrogens (tertiary/aromatic N) is 1. The number of H-pyrrole nitrogens is 1. The highest BCUT2D eigenvalue weighted by Crippen LogP contribution is 2.64. The fraction of sp³-hybridized carbons (Fsp3) is 0.526. The Morgan fingerprint density at radius 3 is 2.50 bits per heavy atom. The number of aromatic amines is 1. The van der Waals surface area contributed by atoms with E-state index in [4.69, 9.17) is 0 Å². The Morgan fingerprint density at radius 2 is 1.86 bits per heavy atom. The molecule has 1 aromatic heterocycles. The molecule has 1 aromatic carbocycles. The highest BCUT2D eigenvalue weighted by molar-refractivity contribution is 5.50. The SMILES string of the molecule is CC.CC1CC2(c3cnc[nH]3)C(C)c3ccccc3C2C1O. The van der Waals surface area contributed by atoms with Gasteiger partial charge in [-0.25, -0.2) is 4.98 Å². The Balaban J connectivity index is 0.000000693. The van der Waals surface area contributed by atoms with Crippen molar-refractivity contribution in [2.45, 2.75) is 57.5 Å². The number of hydrogen-bond donors (Lipinski definition) is 2. The fourth-order valence-electron chi connectivity index (χ4n) is 4.81. The second-order valence-corrected chi connectivity index (χ2v) is 6.51. The van der Waals surface area contributed by atoms with Crippen LogP contribution in [0.4, 0.5) is 0 Å². The van der Waals surface area contributed by atoms with Gasteiger partial charge in [0.05, 0.1) is 12.4 Å². The van der Waals surface area contributed by atoms with E-state index in [1.165, 1.54) is 16.8 Å². The molecule has 3 heteroatoms. The largest absolute Gasteiger partial charge is 0.392 e. The van der Waals surface area contributed by atoms with Gasteiger partial charge >= 0.3 is 0 Å². The number of hydrogen-bond acceptors (Lipinski definition) is 2. The second kappa shape index (κ2) is 5.54. The molecule has 0 amide bonds. The molecule has 2 aromatic rings. The molecule has 2 aliphatic carbocycles. The van der Waals surface area contributed by atoms with Crippen molar-refractivity contribution in [3.05, 3.63) is 53.6 Å². The molecule has 1 heterocycles. The molecule has 3 nitrogen and oxygen atoms in total. The molecule has 1 saturated carbocycles. The van der Waals surface area contributed by atoms with Crippen LogP contribution in [-0.4, -0.2) is 21.2 Å². The number of nitrogens with one attached hydrogen (secondary N) is 1. The molecule has 1 fully saturated rings. The molecule has 4 rings (SSSR count). The first-order chi connectivity index (χ1) is 10.7. The summed E-state index contributed by atoms with van der Waals surface area (Å²) in [5.74, 6) is 0.909. The third-order valence-electron chi connectivity index (χ3n) is 5.71. The molecule has 2 aliphatic rings. The van der Waals surface area contributed by atoms with Crippen molar-refractivity contribution in [1.29, 1.82) is 0 Å². The Labute approximate surface area is 132 Å². The second-order valence-electron chi connectivity index (χ2n) is 6.51. The molecule has 118 valence electrons. The lowest BCUT2D eigenvalue weighted by atomic mass is 9.70. The van der Waals surface area contributed by atoms with Crippen LogP contribution in [0.15, 0.2) is 36.8 Å². The third kappa shape index (κ3) is 1.81. The zero-order valence-corrected chi connectivity index (χ0v) is 13.9. The van der Waals surface area contributed by atoms with E-state index in [9.17, 15) is 5.11 Å². The number of aromatic nitrogens is 2. The van der Waals surface area contributed by atoms with Crippen molar-refractivity contribution in [3.8, 4) is 0 Å². The smallest absolute Gasteiger partial charge is 0.0921 e.